The van der Waals surface area contributed by atoms with Gasteiger partial charge in [0.25, 0.3) is 5.91 Å². The Hall–Kier alpha value is -1.30. The molecule has 2 amide bonds. The Bertz CT molecular complexity index is 419. The molecule has 0 aromatic heterocycles. The monoisotopic (exact) mass is 312 g/mol. The molecule has 2 fully saturated rings. The molecule has 0 spiro atoms. The third-order valence-electron chi connectivity index (χ3n) is 3.97. The summed E-state index contributed by atoms with van der Waals surface area (Å²) in [4.78, 5) is 28.1. The minimum absolute atomic E-state index is 0.0652. The van der Waals surface area contributed by atoms with Gasteiger partial charge in [-0.2, -0.15) is 0 Å². The molecule has 0 radical (unpaired) electrons. The van der Waals surface area contributed by atoms with Crippen molar-refractivity contribution in [2.75, 3.05) is 26.2 Å². The Morgan fingerprint density at radius 3 is 2.27 bits per heavy atom. The molecule has 2 rings (SSSR count). The van der Waals surface area contributed by atoms with Crippen molar-refractivity contribution in [2.24, 2.45) is 0 Å². The first kappa shape index (κ1) is 17.1. The summed E-state index contributed by atoms with van der Waals surface area (Å²) in [5, 5.41) is 0. The highest BCUT2D eigenvalue weighted by Gasteiger charge is 2.33. The van der Waals surface area contributed by atoms with E-state index in [9.17, 15) is 9.59 Å². The van der Waals surface area contributed by atoms with Gasteiger partial charge in [-0.25, -0.2) is 4.79 Å². The predicted octanol–water partition coefficient (Wildman–Crippen LogP) is 2.02. The van der Waals surface area contributed by atoms with Gasteiger partial charge < -0.3 is 19.3 Å². The maximum atomic E-state index is 12.5. The summed E-state index contributed by atoms with van der Waals surface area (Å²) in [6, 6.07) is 0. The summed E-state index contributed by atoms with van der Waals surface area (Å²) in [5.41, 5.74) is -0.493. The lowest BCUT2D eigenvalue weighted by molar-refractivity contribution is -0.142. The van der Waals surface area contributed by atoms with E-state index in [4.69, 9.17) is 9.47 Å². The number of ether oxygens (including phenoxy) is 2. The van der Waals surface area contributed by atoms with Crippen molar-refractivity contribution >= 4 is 12.0 Å². The number of nitrogens with zero attached hydrogens (tertiary/aromatic N) is 2. The Labute approximate surface area is 132 Å². The number of amides is 2. The van der Waals surface area contributed by atoms with Crippen molar-refractivity contribution in [3.05, 3.63) is 0 Å². The van der Waals surface area contributed by atoms with Crippen molar-refractivity contribution < 1.29 is 19.1 Å². The molecule has 6 heteroatoms. The molecule has 0 aromatic rings. The molecule has 2 aliphatic rings. The van der Waals surface area contributed by atoms with Crippen LogP contribution in [-0.2, 0) is 14.3 Å². The van der Waals surface area contributed by atoms with Crippen LogP contribution < -0.4 is 0 Å². The van der Waals surface area contributed by atoms with Gasteiger partial charge in [0.1, 0.15) is 11.7 Å². The van der Waals surface area contributed by atoms with Crippen LogP contribution >= 0.6 is 0 Å². The van der Waals surface area contributed by atoms with E-state index in [1.807, 2.05) is 32.6 Å². The predicted molar refractivity (Wildman–Crippen MR) is 82.6 cm³/mol. The first-order valence-corrected chi connectivity index (χ1v) is 8.18. The molecular formula is C16H28N2O4. The van der Waals surface area contributed by atoms with E-state index in [2.05, 4.69) is 0 Å². The number of hydrogen-bond acceptors (Lipinski definition) is 4. The van der Waals surface area contributed by atoms with Crippen LogP contribution in [0.25, 0.3) is 0 Å². The Kier molecular flexibility index (Phi) is 5.32. The lowest BCUT2D eigenvalue weighted by Crippen LogP contribution is -2.42. The highest BCUT2D eigenvalue weighted by atomic mass is 16.6. The fourth-order valence-corrected chi connectivity index (χ4v) is 2.83. The average Bonchev–Trinajstić information content (AvgIpc) is 2.70. The largest absolute Gasteiger partial charge is 0.444 e. The van der Waals surface area contributed by atoms with Crippen LogP contribution in [0, 0.1) is 0 Å². The average molecular weight is 312 g/mol. The van der Waals surface area contributed by atoms with Crippen LogP contribution in [0.4, 0.5) is 4.79 Å². The maximum Gasteiger partial charge on any atom is 0.410 e. The first-order chi connectivity index (χ1) is 10.3. The van der Waals surface area contributed by atoms with Gasteiger partial charge in [0.05, 0.1) is 6.10 Å². The summed E-state index contributed by atoms with van der Waals surface area (Å²) in [6.07, 6.45) is 2.07. The topological polar surface area (TPSA) is 59.1 Å². The van der Waals surface area contributed by atoms with Gasteiger partial charge in [-0.1, -0.05) is 0 Å². The second-order valence-corrected chi connectivity index (χ2v) is 7.16. The zero-order valence-corrected chi connectivity index (χ0v) is 14.1. The fourth-order valence-electron chi connectivity index (χ4n) is 2.83. The van der Waals surface area contributed by atoms with Gasteiger partial charge in [0.15, 0.2) is 0 Å². The van der Waals surface area contributed by atoms with Gasteiger partial charge >= 0.3 is 6.09 Å². The van der Waals surface area contributed by atoms with E-state index in [1.54, 1.807) is 4.90 Å². The third kappa shape index (κ3) is 4.60. The smallest absolute Gasteiger partial charge is 0.410 e. The number of carbonyl (C=O) groups is 2. The summed E-state index contributed by atoms with van der Waals surface area (Å²) in [6.45, 7) is 9.94. The second kappa shape index (κ2) is 6.86. The molecule has 0 bridgehead atoms. The second-order valence-electron chi connectivity index (χ2n) is 7.16. The normalized spacial score (nSPS) is 26.7. The number of rotatable bonds is 1. The lowest BCUT2D eigenvalue weighted by Gasteiger charge is -2.27. The molecule has 0 aromatic carbocycles. The summed E-state index contributed by atoms with van der Waals surface area (Å²) >= 11 is 0. The van der Waals surface area contributed by atoms with E-state index in [0.29, 0.717) is 26.2 Å². The van der Waals surface area contributed by atoms with Crippen molar-refractivity contribution in [2.45, 2.75) is 64.8 Å². The summed E-state index contributed by atoms with van der Waals surface area (Å²) < 4.78 is 11.1. The van der Waals surface area contributed by atoms with Gasteiger partial charge in [0, 0.05) is 26.2 Å². The summed E-state index contributed by atoms with van der Waals surface area (Å²) in [7, 11) is 0. The van der Waals surface area contributed by atoms with Gasteiger partial charge in [-0.3, -0.25) is 4.79 Å². The standard InChI is InChI=1S/C16H28N2O4/c1-12-6-7-13(21-12)14(19)17-8-5-9-18(11-10-17)15(20)22-16(2,3)4/h12-13H,5-11H2,1-4H3/t12-,13-/m1/s1. The van der Waals surface area contributed by atoms with Crippen LogP contribution in [-0.4, -0.2) is 65.8 Å². The van der Waals surface area contributed by atoms with Crippen LogP contribution in [0.2, 0.25) is 0 Å². The molecule has 0 saturated carbocycles. The Morgan fingerprint density at radius 2 is 1.68 bits per heavy atom. The Morgan fingerprint density at radius 1 is 1.05 bits per heavy atom. The highest BCUT2D eigenvalue weighted by molar-refractivity contribution is 5.81. The molecule has 2 atom stereocenters. The molecule has 2 heterocycles. The van der Waals surface area contributed by atoms with Crippen LogP contribution in [0.15, 0.2) is 0 Å². The van der Waals surface area contributed by atoms with Crippen LogP contribution in [0.1, 0.15) is 47.0 Å². The third-order valence-corrected chi connectivity index (χ3v) is 3.97. The number of carbonyl (C=O) groups excluding carboxylic acids is 2. The summed E-state index contributed by atoms with van der Waals surface area (Å²) in [5.74, 6) is 0.0652. The Balaban J connectivity index is 1.87. The van der Waals surface area contributed by atoms with Crippen molar-refractivity contribution in [1.29, 1.82) is 0 Å². The van der Waals surface area contributed by atoms with E-state index < -0.39 is 5.60 Å². The molecule has 0 N–H and O–H groups in total. The van der Waals surface area contributed by atoms with E-state index >= 15 is 0 Å². The van der Waals surface area contributed by atoms with E-state index in [1.165, 1.54) is 0 Å². The van der Waals surface area contributed by atoms with Gasteiger partial charge in [-0.05, 0) is 47.0 Å². The molecule has 0 aliphatic carbocycles. The zero-order chi connectivity index (χ0) is 16.3. The minimum atomic E-state index is -0.493. The van der Waals surface area contributed by atoms with Gasteiger partial charge in [-0.15, -0.1) is 0 Å². The molecule has 2 aliphatic heterocycles. The molecule has 0 unspecified atom stereocenters. The van der Waals surface area contributed by atoms with E-state index in [-0.39, 0.29) is 24.2 Å². The van der Waals surface area contributed by atoms with E-state index in [0.717, 1.165) is 19.3 Å². The maximum absolute atomic E-state index is 12.5. The molecular weight excluding hydrogens is 284 g/mol. The lowest BCUT2D eigenvalue weighted by atomic mass is 10.2. The quantitative estimate of drug-likeness (QED) is 0.743. The molecule has 2 saturated heterocycles. The molecule has 22 heavy (non-hydrogen) atoms. The first-order valence-electron chi connectivity index (χ1n) is 8.18. The van der Waals surface area contributed by atoms with Crippen LogP contribution in [0.5, 0.6) is 0 Å². The van der Waals surface area contributed by atoms with Crippen molar-refractivity contribution in [1.82, 2.24) is 9.80 Å². The molecule has 6 nitrogen and oxygen atoms in total. The fraction of sp³-hybridized carbons (Fsp3) is 0.875. The van der Waals surface area contributed by atoms with Gasteiger partial charge in [0.2, 0.25) is 0 Å². The zero-order valence-electron chi connectivity index (χ0n) is 14.1. The SMILES string of the molecule is C[C@@H]1CC[C@H](C(=O)N2CCCN(C(=O)OC(C)(C)C)CC2)O1. The van der Waals surface area contributed by atoms with Crippen molar-refractivity contribution in [3.63, 3.8) is 0 Å². The highest BCUT2D eigenvalue weighted by Crippen LogP contribution is 2.21. The molecule has 126 valence electrons. The minimum Gasteiger partial charge on any atom is -0.444 e. The van der Waals surface area contributed by atoms with Crippen molar-refractivity contribution in [3.8, 4) is 0 Å². The number of hydrogen-bond donors (Lipinski definition) is 0. The van der Waals surface area contributed by atoms with Crippen LogP contribution in [0.3, 0.4) is 0 Å².